The Kier molecular flexibility index (Phi) is 4.42. The maximum absolute atomic E-state index is 12.8. The molecule has 2 aliphatic heterocycles. The van der Waals surface area contributed by atoms with Gasteiger partial charge >= 0.3 is 0 Å². The number of anilines is 1. The Labute approximate surface area is 146 Å². The van der Waals surface area contributed by atoms with Gasteiger partial charge in [0.05, 0.1) is 17.0 Å². The Balaban J connectivity index is 1.73. The maximum Gasteiger partial charge on any atom is 0.246 e. The van der Waals surface area contributed by atoms with E-state index in [1.807, 2.05) is 32.8 Å². The van der Waals surface area contributed by atoms with Gasteiger partial charge in [0.1, 0.15) is 18.2 Å². The molecule has 2 amide bonds. The summed E-state index contributed by atoms with van der Waals surface area (Å²) in [7, 11) is 3.91. The summed E-state index contributed by atoms with van der Waals surface area (Å²) in [6.45, 7) is 4.85. The van der Waals surface area contributed by atoms with Gasteiger partial charge in [0.15, 0.2) is 0 Å². The van der Waals surface area contributed by atoms with E-state index in [-0.39, 0.29) is 11.8 Å². The Morgan fingerprint density at radius 1 is 1.42 bits per heavy atom. The first-order chi connectivity index (χ1) is 11.3. The molecule has 1 atom stereocenters. The van der Waals surface area contributed by atoms with Gasteiger partial charge in [0.25, 0.3) is 0 Å². The van der Waals surface area contributed by atoms with Crippen LogP contribution in [0.5, 0.6) is 0 Å². The number of aromatic nitrogens is 2. The molecule has 3 rings (SSSR count). The third-order valence-corrected chi connectivity index (χ3v) is 5.89. The second kappa shape index (κ2) is 6.23. The van der Waals surface area contributed by atoms with Crippen molar-refractivity contribution in [2.45, 2.75) is 37.6 Å². The first-order valence-corrected chi connectivity index (χ1v) is 9.02. The number of hydrogen-bond donors (Lipinski definition) is 1. The van der Waals surface area contributed by atoms with Gasteiger partial charge in [-0.3, -0.25) is 9.59 Å². The number of hydrogen-bond acceptors (Lipinski definition) is 6. The van der Waals surface area contributed by atoms with E-state index >= 15 is 0 Å². The van der Waals surface area contributed by atoms with Crippen molar-refractivity contribution >= 4 is 29.4 Å². The smallest absolute Gasteiger partial charge is 0.246 e. The van der Waals surface area contributed by atoms with Crippen LogP contribution in [0.15, 0.2) is 6.33 Å². The molecule has 2 aliphatic rings. The average molecular weight is 349 g/mol. The molecule has 7 nitrogen and oxygen atoms in total. The van der Waals surface area contributed by atoms with Gasteiger partial charge in [-0.1, -0.05) is 0 Å². The predicted molar refractivity (Wildman–Crippen MR) is 93.9 cm³/mol. The number of rotatable bonds is 2. The van der Waals surface area contributed by atoms with Gasteiger partial charge < -0.3 is 15.1 Å². The van der Waals surface area contributed by atoms with Gasteiger partial charge in [-0.05, 0) is 20.3 Å². The van der Waals surface area contributed by atoms with Crippen molar-refractivity contribution in [3.63, 3.8) is 0 Å². The van der Waals surface area contributed by atoms with Gasteiger partial charge in [-0.15, -0.1) is 11.8 Å². The lowest BCUT2D eigenvalue weighted by atomic mass is 10.0. The molecule has 0 aliphatic carbocycles. The third kappa shape index (κ3) is 3.07. The van der Waals surface area contributed by atoms with Gasteiger partial charge in [0.2, 0.25) is 11.8 Å². The molecule has 24 heavy (non-hydrogen) atoms. The van der Waals surface area contributed by atoms with Crippen LogP contribution in [0, 0.1) is 0 Å². The zero-order valence-corrected chi connectivity index (χ0v) is 15.3. The molecule has 0 spiro atoms. The van der Waals surface area contributed by atoms with Crippen LogP contribution in [0.2, 0.25) is 0 Å². The molecule has 0 saturated carbocycles. The monoisotopic (exact) mass is 349 g/mol. The minimum atomic E-state index is -0.473. The largest absolute Gasteiger partial charge is 0.362 e. The Bertz CT molecular complexity index is 676. The van der Waals surface area contributed by atoms with Crippen LogP contribution < -0.4 is 10.2 Å². The standard InChI is InChI=1S/C16H23N5O2S/c1-16(2)15(23)19-12(8-24-16)14(22)21-6-5-10-11(7-21)17-9-18-13(10)20(3)4/h9,12H,5-8H2,1-4H3,(H,19,23)/t12-/m0/s1. The lowest BCUT2D eigenvalue weighted by Crippen LogP contribution is -2.58. The van der Waals surface area contributed by atoms with Gasteiger partial charge in [-0.2, -0.15) is 0 Å². The molecular weight excluding hydrogens is 326 g/mol. The predicted octanol–water partition coefficient (Wildman–Crippen LogP) is 0.438. The maximum atomic E-state index is 12.8. The van der Waals surface area contributed by atoms with Crippen LogP contribution in [-0.2, 0) is 22.6 Å². The molecule has 1 saturated heterocycles. The zero-order valence-electron chi connectivity index (χ0n) is 14.5. The summed E-state index contributed by atoms with van der Waals surface area (Å²) in [5.74, 6) is 1.41. The number of fused-ring (bicyclic) bond motifs is 1. The molecule has 0 bridgehead atoms. The second-order valence-electron chi connectivity index (χ2n) is 6.87. The highest BCUT2D eigenvalue weighted by Crippen LogP contribution is 2.30. The minimum absolute atomic E-state index is 0.0259. The summed E-state index contributed by atoms with van der Waals surface area (Å²) in [6.07, 6.45) is 2.28. The molecule has 0 unspecified atom stereocenters. The molecule has 1 aromatic rings. The van der Waals surface area contributed by atoms with Crippen LogP contribution in [-0.4, -0.2) is 63.9 Å². The van der Waals surface area contributed by atoms with Crippen LogP contribution in [0.25, 0.3) is 0 Å². The van der Waals surface area contributed by atoms with E-state index in [4.69, 9.17) is 0 Å². The molecule has 3 heterocycles. The quantitative estimate of drug-likeness (QED) is 0.835. The molecule has 130 valence electrons. The summed E-state index contributed by atoms with van der Waals surface area (Å²) in [6, 6.07) is -0.452. The van der Waals surface area contributed by atoms with Crippen LogP contribution in [0.4, 0.5) is 5.82 Å². The summed E-state index contributed by atoms with van der Waals surface area (Å²) < 4.78 is -0.473. The lowest BCUT2D eigenvalue weighted by molar-refractivity contribution is -0.137. The number of thioether (sulfide) groups is 1. The summed E-state index contributed by atoms with van der Waals surface area (Å²) in [5, 5.41) is 2.87. The van der Waals surface area contributed by atoms with E-state index in [2.05, 4.69) is 15.3 Å². The van der Waals surface area contributed by atoms with Gasteiger partial charge in [0, 0.05) is 32.0 Å². The fraction of sp³-hybridized carbons (Fsp3) is 0.625. The lowest BCUT2D eigenvalue weighted by Gasteiger charge is -2.37. The third-order valence-electron chi connectivity index (χ3n) is 4.48. The SMILES string of the molecule is CN(C)c1ncnc2c1CCN(C(=O)[C@@H]1CSC(C)(C)C(=O)N1)C2. The normalized spacial score (nSPS) is 22.6. The second-order valence-corrected chi connectivity index (χ2v) is 8.52. The van der Waals surface area contributed by atoms with E-state index in [0.717, 1.165) is 23.5 Å². The average Bonchev–Trinajstić information content (AvgIpc) is 2.55. The molecule has 1 aromatic heterocycles. The topological polar surface area (TPSA) is 78.4 Å². The fourth-order valence-corrected chi connectivity index (χ4v) is 3.99. The highest BCUT2D eigenvalue weighted by atomic mass is 32.2. The zero-order chi connectivity index (χ0) is 17.5. The highest BCUT2D eigenvalue weighted by Gasteiger charge is 2.39. The molecule has 1 N–H and O–H groups in total. The molecule has 1 fully saturated rings. The highest BCUT2D eigenvalue weighted by molar-refractivity contribution is 8.01. The summed E-state index contributed by atoms with van der Waals surface area (Å²) in [4.78, 5) is 37.3. The van der Waals surface area contributed by atoms with E-state index in [1.54, 1.807) is 11.2 Å². The molecule has 8 heteroatoms. The first-order valence-electron chi connectivity index (χ1n) is 8.03. The molecule has 0 aromatic carbocycles. The van der Waals surface area contributed by atoms with Crippen molar-refractivity contribution in [2.75, 3.05) is 31.3 Å². The molecular formula is C16H23N5O2S. The summed E-state index contributed by atoms with van der Waals surface area (Å²) >= 11 is 1.53. The number of carbonyl (C=O) groups is 2. The first kappa shape index (κ1) is 17.0. The van der Waals surface area contributed by atoms with Crippen LogP contribution in [0.1, 0.15) is 25.1 Å². The van der Waals surface area contributed by atoms with Crippen LogP contribution >= 0.6 is 11.8 Å². The van der Waals surface area contributed by atoms with Crippen molar-refractivity contribution in [3.05, 3.63) is 17.6 Å². The Hall–Kier alpha value is -1.83. The fourth-order valence-electron chi connectivity index (χ4n) is 2.99. The Morgan fingerprint density at radius 3 is 2.83 bits per heavy atom. The number of nitrogens with one attached hydrogen (secondary N) is 1. The van der Waals surface area contributed by atoms with Crippen molar-refractivity contribution in [1.82, 2.24) is 20.2 Å². The number of carbonyl (C=O) groups excluding carboxylic acids is 2. The minimum Gasteiger partial charge on any atom is -0.362 e. The van der Waals surface area contributed by atoms with E-state index in [9.17, 15) is 9.59 Å². The van der Waals surface area contributed by atoms with Gasteiger partial charge in [-0.25, -0.2) is 9.97 Å². The van der Waals surface area contributed by atoms with Crippen molar-refractivity contribution in [1.29, 1.82) is 0 Å². The van der Waals surface area contributed by atoms with E-state index in [0.29, 0.717) is 18.8 Å². The van der Waals surface area contributed by atoms with E-state index < -0.39 is 10.8 Å². The Morgan fingerprint density at radius 2 is 2.17 bits per heavy atom. The van der Waals surface area contributed by atoms with Crippen molar-refractivity contribution in [3.8, 4) is 0 Å². The van der Waals surface area contributed by atoms with E-state index in [1.165, 1.54) is 11.8 Å². The molecule has 0 radical (unpaired) electrons. The van der Waals surface area contributed by atoms with Crippen LogP contribution in [0.3, 0.4) is 0 Å². The number of amides is 2. The number of nitrogens with zero attached hydrogens (tertiary/aromatic N) is 4. The summed E-state index contributed by atoms with van der Waals surface area (Å²) in [5.41, 5.74) is 2.00. The van der Waals surface area contributed by atoms with Crippen molar-refractivity contribution < 1.29 is 9.59 Å². The van der Waals surface area contributed by atoms with Crippen molar-refractivity contribution in [2.24, 2.45) is 0 Å².